The van der Waals surface area contributed by atoms with Crippen LogP contribution in [0.5, 0.6) is 5.75 Å². The summed E-state index contributed by atoms with van der Waals surface area (Å²) in [7, 11) is -2.57. The molecule has 1 aliphatic rings. The Kier molecular flexibility index (Phi) is 4.84. The first-order valence-electron chi connectivity index (χ1n) is 6.93. The van der Waals surface area contributed by atoms with Crippen molar-refractivity contribution in [2.24, 2.45) is 5.14 Å². The Morgan fingerprint density at radius 1 is 1.19 bits per heavy atom. The van der Waals surface area contributed by atoms with Crippen molar-refractivity contribution in [2.45, 2.75) is 30.6 Å². The Labute approximate surface area is 124 Å². The summed E-state index contributed by atoms with van der Waals surface area (Å²) in [5, 5.41) is 5.17. The molecule has 0 aromatic heterocycles. The summed E-state index contributed by atoms with van der Waals surface area (Å²) in [6.07, 6.45) is 4.19. The van der Waals surface area contributed by atoms with Crippen molar-refractivity contribution in [2.75, 3.05) is 20.2 Å². The fourth-order valence-electron chi connectivity index (χ4n) is 2.49. The molecule has 7 heteroatoms. The second-order valence-corrected chi connectivity index (χ2v) is 6.65. The number of likely N-dealkylation sites (tertiary alicyclic amines) is 1. The lowest BCUT2D eigenvalue weighted by Crippen LogP contribution is -2.32. The van der Waals surface area contributed by atoms with Crippen LogP contribution in [0.15, 0.2) is 23.1 Å². The number of carbonyl (C=O) groups is 1. The highest BCUT2D eigenvalue weighted by Crippen LogP contribution is 2.25. The summed E-state index contributed by atoms with van der Waals surface area (Å²) in [6, 6.07) is 4.33. The molecular formula is C14H20N2O4S. The zero-order valence-electron chi connectivity index (χ0n) is 12.0. The van der Waals surface area contributed by atoms with Crippen LogP contribution in [-0.4, -0.2) is 39.4 Å². The van der Waals surface area contributed by atoms with Crippen LogP contribution in [-0.2, 0) is 10.0 Å². The maximum absolute atomic E-state index is 12.5. The van der Waals surface area contributed by atoms with Gasteiger partial charge in [-0.2, -0.15) is 0 Å². The minimum absolute atomic E-state index is 0.143. The predicted molar refractivity (Wildman–Crippen MR) is 78.7 cm³/mol. The third kappa shape index (κ3) is 3.74. The van der Waals surface area contributed by atoms with Crippen LogP contribution in [0, 0.1) is 0 Å². The molecule has 2 N–H and O–H groups in total. The number of ether oxygens (including phenoxy) is 1. The van der Waals surface area contributed by atoms with Crippen LogP contribution >= 0.6 is 0 Å². The summed E-state index contributed by atoms with van der Waals surface area (Å²) >= 11 is 0. The maximum Gasteiger partial charge on any atom is 0.253 e. The van der Waals surface area contributed by atoms with Gasteiger partial charge < -0.3 is 9.64 Å². The van der Waals surface area contributed by atoms with Crippen LogP contribution in [0.25, 0.3) is 0 Å². The summed E-state index contributed by atoms with van der Waals surface area (Å²) in [4.78, 5) is 14.1. The van der Waals surface area contributed by atoms with E-state index in [0.717, 1.165) is 25.7 Å². The Balaban J connectivity index is 2.33. The molecule has 21 heavy (non-hydrogen) atoms. The van der Waals surface area contributed by atoms with Gasteiger partial charge >= 0.3 is 0 Å². The van der Waals surface area contributed by atoms with Gasteiger partial charge in [0.1, 0.15) is 10.6 Å². The lowest BCUT2D eigenvalue weighted by Gasteiger charge is -2.20. The molecule has 0 bridgehead atoms. The normalized spacial score (nSPS) is 16.4. The fraction of sp³-hybridized carbons (Fsp3) is 0.500. The van der Waals surface area contributed by atoms with Crippen LogP contribution in [0.1, 0.15) is 36.0 Å². The Morgan fingerprint density at radius 2 is 1.81 bits per heavy atom. The Morgan fingerprint density at radius 3 is 2.33 bits per heavy atom. The fourth-order valence-corrected chi connectivity index (χ4v) is 3.21. The zero-order valence-corrected chi connectivity index (χ0v) is 12.9. The Hall–Kier alpha value is -1.60. The number of hydrogen-bond acceptors (Lipinski definition) is 4. The van der Waals surface area contributed by atoms with Crippen LogP contribution in [0.2, 0.25) is 0 Å². The first-order valence-corrected chi connectivity index (χ1v) is 8.48. The van der Waals surface area contributed by atoms with E-state index in [-0.39, 0.29) is 16.6 Å². The van der Waals surface area contributed by atoms with Crippen molar-refractivity contribution in [3.63, 3.8) is 0 Å². The van der Waals surface area contributed by atoms with Crippen LogP contribution in [0.4, 0.5) is 0 Å². The van der Waals surface area contributed by atoms with Gasteiger partial charge in [-0.15, -0.1) is 0 Å². The van der Waals surface area contributed by atoms with E-state index in [4.69, 9.17) is 9.88 Å². The molecule has 1 aromatic rings. The quantitative estimate of drug-likeness (QED) is 0.912. The topological polar surface area (TPSA) is 89.7 Å². The molecule has 1 fully saturated rings. The molecule has 6 nitrogen and oxygen atoms in total. The van der Waals surface area contributed by atoms with Crippen molar-refractivity contribution in [3.05, 3.63) is 23.8 Å². The van der Waals surface area contributed by atoms with E-state index in [9.17, 15) is 13.2 Å². The van der Waals surface area contributed by atoms with Crippen molar-refractivity contribution in [1.82, 2.24) is 4.90 Å². The molecule has 0 atom stereocenters. The number of benzene rings is 1. The molecule has 0 spiro atoms. The van der Waals surface area contributed by atoms with E-state index in [2.05, 4.69) is 0 Å². The smallest absolute Gasteiger partial charge is 0.253 e. The van der Waals surface area contributed by atoms with Crippen LogP contribution < -0.4 is 9.88 Å². The highest BCUT2D eigenvalue weighted by molar-refractivity contribution is 7.89. The maximum atomic E-state index is 12.5. The first kappa shape index (κ1) is 15.8. The molecular weight excluding hydrogens is 292 g/mol. The van der Waals surface area contributed by atoms with Crippen molar-refractivity contribution < 1.29 is 17.9 Å². The van der Waals surface area contributed by atoms with Crippen LogP contribution in [0.3, 0.4) is 0 Å². The van der Waals surface area contributed by atoms with Crippen molar-refractivity contribution in [1.29, 1.82) is 0 Å². The van der Waals surface area contributed by atoms with Gasteiger partial charge in [-0.3, -0.25) is 4.79 Å². The van der Waals surface area contributed by atoms with E-state index >= 15 is 0 Å². The van der Waals surface area contributed by atoms with E-state index in [1.165, 1.54) is 19.2 Å². The molecule has 0 unspecified atom stereocenters. The Bertz CT molecular complexity index is 620. The number of sulfonamides is 1. The van der Waals surface area contributed by atoms with Crippen molar-refractivity contribution >= 4 is 15.9 Å². The molecule has 0 radical (unpaired) electrons. The molecule has 0 aliphatic carbocycles. The minimum Gasteiger partial charge on any atom is -0.495 e. The summed E-state index contributed by atoms with van der Waals surface area (Å²) in [5.74, 6) is -0.0191. The lowest BCUT2D eigenvalue weighted by atomic mass is 10.2. The standard InChI is InChI=1S/C14H20N2O4S/c1-20-12-7-6-11(10-13(12)21(15,18)19)14(17)16-8-4-2-3-5-9-16/h6-7,10H,2-5,8-9H2,1H3,(H2,15,18,19). The number of hydrogen-bond donors (Lipinski definition) is 1. The third-order valence-corrected chi connectivity index (χ3v) is 4.54. The summed E-state index contributed by atoms with van der Waals surface area (Å²) in [5.41, 5.74) is 0.321. The molecule has 2 rings (SSSR count). The largest absolute Gasteiger partial charge is 0.495 e. The van der Waals surface area contributed by atoms with Gasteiger partial charge in [0.25, 0.3) is 5.91 Å². The molecule has 1 aliphatic heterocycles. The molecule has 1 saturated heterocycles. The van der Waals surface area contributed by atoms with E-state index in [0.29, 0.717) is 18.7 Å². The average molecular weight is 312 g/mol. The number of nitrogens with zero attached hydrogens (tertiary/aromatic N) is 1. The average Bonchev–Trinajstić information content (AvgIpc) is 2.74. The lowest BCUT2D eigenvalue weighted by molar-refractivity contribution is 0.0761. The summed E-state index contributed by atoms with van der Waals surface area (Å²) < 4.78 is 28.2. The highest BCUT2D eigenvalue weighted by atomic mass is 32.2. The highest BCUT2D eigenvalue weighted by Gasteiger charge is 2.21. The minimum atomic E-state index is -3.94. The van der Waals surface area contributed by atoms with Gasteiger partial charge in [0.05, 0.1) is 7.11 Å². The number of primary sulfonamides is 1. The molecule has 116 valence electrons. The monoisotopic (exact) mass is 312 g/mol. The SMILES string of the molecule is COc1ccc(C(=O)N2CCCCCC2)cc1S(N)(=O)=O. The van der Waals surface area contributed by atoms with Gasteiger partial charge in [0.2, 0.25) is 10.0 Å². The van der Waals surface area contributed by atoms with Gasteiger partial charge in [0.15, 0.2) is 0 Å². The number of rotatable bonds is 3. The first-order chi connectivity index (χ1) is 9.93. The zero-order chi connectivity index (χ0) is 15.5. The molecule has 0 saturated carbocycles. The van der Waals surface area contributed by atoms with Gasteiger partial charge in [-0.1, -0.05) is 12.8 Å². The number of amides is 1. The van der Waals surface area contributed by atoms with Crippen molar-refractivity contribution in [3.8, 4) is 5.75 Å². The van der Waals surface area contributed by atoms with Gasteiger partial charge in [0, 0.05) is 18.7 Å². The third-order valence-electron chi connectivity index (χ3n) is 3.61. The second-order valence-electron chi connectivity index (χ2n) is 5.12. The summed E-state index contributed by atoms with van der Waals surface area (Å²) in [6.45, 7) is 1.41. The number of methoxy groups -OCH3 is 1. The molecule has 1 heterocycles. The van der Waals surface area contributed by atoms with Gasteiger partial charge in [-0.05, 0) is 31.0 Å². The molecule has 1 amide bonds. The predicted octanol–water partition coefficient (Wildman–Crippen LogP) is 1.36. The second kappa shape index (κ2) is 6.44. The van der Waals surface area contributed by atoms with Gasteiger partial charge in [-0.25, -0.2) is 13.6 Å². The number of carbonyl (C=O) groups excluding carboxylic acids is 1. The number of nitrogens with two attached hydrogens (primary N) is 1. The van der Waals surface area contributed by atoms with E-state index < -0.39 is 10.0 Å². The van der Waals surface area contributed by atoms with E-state index in [1.807, 2.05) is 0 Å². The van der Waals surface area contributed by atoms with E-state index in [1.54, 1.807) is 11.0 Å². The molecule has 1 aromatic carbocycles.